The van der Waals surface area contributed by atoms with Gasteiger partial charge in [0.25, 0.3) is 0 Å². The van der Waals surface area contributed by atoms with Crippen LogP contribution in [0.1, 0.15) is 5.56 Å². The second kappa shape index (κ2) is 5.62. The highest BCUT2D eigenvalue weighted by Crippen LogP contribution is 2.53. The molecule has 0 saturated carbocycles. The van der Waals surface area contributed by atoms with Crippen molar-refractivity contribution in [1.29, 1.82) is 0 Å². The second-order valence-electron chi connectivity index (χ2n) is 4.43. The molecule has 0 aliphatic heterocycles. The minimum Gasteiger partial charge on any atom is -0.319 e. The maximum Gasteiger partial charge on any atom is 0.475 e. The van der Waals surface area contributed by atoms with Gasteiger partial charge in [-0.05, 0) is 12.1 Å². The Morgan fingerprint density at radius 1 is 0.542 bits per heavy atom. The molecule has 24 heavy (non-hydrogen) atoms. The smallest absolute Gasteiger partial charge is 0.319 e. The lowest BCUT2D eigenvalue weighted by atomic mass is 9.94. The third-order valence-corrected chi connectivity index (χ3v) is 2.72. The van der Waals surface area contributed by atoms with E-state index in [1.165, 1.54) is 0 Å². The van der Waals surface area contributed by atoms with Crippen molar-refractivity contribution < 1.29 is 52.7 Å². The number of hydrogen-bond donors (Lipinski definition) is 1. The zero-order chi connectivity index (χ0) is 19.2. The third-order valence-electron chi connectivity index (χ3n) is 2.72. The minimum absolute atomic E-state index is 0.0286. The van der Waals surface area contributed by atoms with Crippen molar-refractivity contribution in [2.75, 3.05) is 5.32 Å². The number of nitrogens with one attached hydrogen (secondary N) is 1. The van der Waals surface area contributed by atoms with Crippen molar-refractivity contribution in [2.45, 2.75) is 30.2 Å². The van der Waals surface area contributed by atoms with Gasteiger partial charge in [0.05, 0.1) is 0 Å². The average Bonchev–Trinajstić information content (AvgIpc) is 2.34. The minimum atomic E-state index is -6.43. The first-order chi connectivity index (χ1) is 10.4. The molecule has 0 amide bonds. The van der Waals surface area contributed by atoms with Gasteiger partial charge in [-0.3, -0.25) is 0 Å². The highest BCUT2D eigenvalue weighted by molar-refractivity contribution is 5.47. The summed E-state index contributed by atoms with van der Waals surface area (Å²) >= 11 is 0. The van der Waals surface area contributed by atoms with E-state index in [4.69, 9.17) is 0 Å². The summed E-state index contributed by atoms with van der Waals surface area (Å²) < 4.78 is 149. The Labute approximate surface area is 125 Å². The highest BCUT2D eigenvalue weighted by atomic mass is 19.4. The van der Waals surface area contributed by atoms with E-state index in [0.717, 1.165) is 0 Å². The van der Waals surface area contributed by atoms with Gasteiger partial charge < -0.3 is 5.32 Å². The predicted octanol–water partition coefficient (Wildman–Crippen LogP) is 5.54. The normalized spacial score (nSPS) is 14.7. The van der Waals surface area contributed by atoms with Gasteiger partial charge in [-0.15, -0.1) is 0 Å². The van der Waals surface area contributed by atoms with Gasteiger partial charge in [0.2, 0.25) is 0 Å². The molecule has 0 aliphatic rings. The van der Waals surface area contributed by atoms with E-state index in [1.54, 1.807) is 0 Å². The average molecular weight is 379 g/mol. The molecule has 1 aromatic carbocycles. The van der Waals surface area contributed by atoms with E-state index in [1.807, 2.05) is 0 Å². The Kier molecular flexibility index (Phi) is 4.73. The molecule has 0 aromatic heterocycles. The van der Waals surface area contributed by atoms with Crippen molar-refractivity contribution in [3.63, 3.8) is 0 Å². The number of benzene rings is 1. The summed E-state index contributed by atoms with van der Waals surface area (Å²) in [6.45, 7) is 0. The van der Waals surface area contributed by atoms with E-state index >= 15 is 0 Å². The van der Waals surface area contributed by atoms with E-state index in [9.17, 15) is 52.7 Å². The van der Waals surface area contributed by atoms with Crippen molar-refractivity contribution in [3.05, 3.63) is 29.8 Å². The third kappa shape index (κ3) is 3.48. The van der Waals surface area contributed by atoms with Crippen molar-refractivity contribution in [1.82, 2.24) is 0 Å². The summed E-state index contributed by atoms with van der Waals surface area (Å²) in [5, 5.41) is 0.571. The number of alkyl halides is 12. The van der Waals surface area contributed by atoms with Crippen LogP contribution >= 0.6 is 0 Å². The van der Waals surface area contributed by atoms with Crippen LogP contribution in [-0.2, 0) is 5.67 Å². The van der Waals surface area contributed by atoms with Crippen LogP contribution in [0.4, 0.5) is 58.4 Å². The van der Waals surface area contributed by atoms with Crippen LogP contribution in [0.25, 0.3) is 0 Å². The maximum absolute atomic E-state index is 13.6. The number of rotatable bonds is 3. The van der Waals surface area contributed by atoms with Crippen LogP contribution in [0.15, 0.2) is 24.3 Å². The molecule has 0 aliphatic carbocycles. The van der Waals surface area contributed by atoms with Crippen LogP contribution in [0.5, 0.6) is 0 Å². The molecule has 1 nitrogen and oxygen atoms in total. The van der Waals surface area contributed by atoms with Gasteiger partial charge in [-0.25, -0.2) is 4.39 Å². The largest absolute Gasteiger partial charge is 0.475 e. The summed E-state index contributed by atoms with van der Waals surface area (Å²) in [5.74, 6) is 0. The van der Waals surface area contributed by atoms with Crippen LogP contribution in [0.2, 0.25) is 0 Å². The van der Waals surface area contributed by atoms with E-state index < -0.39 is 41.5 Å². The van der Waals surface area contributed by atoms with Crippen LogP contribution in [-0.4, -0.2) is 24.6 Å². The first-order valence-electron chi connectivity index (χ1n) is 5.59. The molecule has 13 heteroatoms. The second-order valence-corrected chi connectivity index (χ2v) is 4.43. The van der Waals surface area contributed by atoms with Crippen LogP contribution in [0, 0.1) is 0 Å². The van der Waals surface area contributed by atoms with Crippen LogP contribution in [0.3, 0.4) is 0 Å². The lowest BCUT2D eigenvalue weighted by molar-refractivity contribution is -0.348. The van der Waals surface area contributed by atoms with Gasteiger partial charge in [-0.1, -0.05) is 12.1 Å². The molecule has 0 atom stereocenters. The molecular formula is C11H5F12N. The van der Waals surface area contributed by atoms with Crippen molar-refractivity contribution >= 4 is 5.69 Å². The highest BCUT2D eigenvalue weighted by Gasteiger charge is 2.73. The molecule has 0 fully saturated rings. The Hall–Kier alpha value is -1.82. The molecule has 0 bridgehead atoms. The summed E-state index contributed by atoms with van der Waals surface area (Å²) in [5.41, 5.74) is -9.01. The maximum atomic E-state index is 13.6. The molecule has 1 aromatic rings. The first-order valence-corrected chi connectivity index (χ1v) is 5.59. The van der Waals surface area contributed by atoms with E-state index in [2.05, 4.69) is 0 Å². The fourth-order valence-corrected chi connectivity index (χ4v) is 1.52. The molecule has 0 radical (unpaired) electrons. The number of halogens is 12. The zero-order valence-corrected chi connectivity index (χ0v) is 10.8. The quantitative estimate of drug-likeness (QED) is 0.537. The summed E-state index contributed by atoms with van der Waals surface area (Å²) in [6.07, 6.45) is -18.9. The molecule has 1 N–H and O–H groups in total. The van der Waals surface area contributed by atoms with Gasteiger partial charge in [0.1, 0.15) is 0 Å². The fraction of sp³-hybridized carbons (Fsp3) is 0.455. The van der Waals surface area contributed by atoms with E-state index in [0.29, 0.717) is 5.32 Å². The van der Waals surface area contributed by atoms with Gasteiger partial charge >= 0.3 is 30.2 Å². The Morgan fingerprint density at radius 3 is 1.21 bits per heavy atom. The summed E-state index contributed by atoms with van der Waals surface area (Å²) in [6, 6.07) is -5.84. The lowest BCUT2D eigenvalue weighted by Crippen LogP contribution is -2.50. The standard InChI is InChI=1S/C11H5F12N/c12-7(8(13,14)15,9(16,17)18)5-1-3-6(4-2-5)24-11(22,23)10(19,20)21/h1-4,24H. The Morgan fingerprint density at radius 2 is 0.917 bits per heavy atom. The van der Waals surface area contributed by atoms with E-state index in [-0.39, 0.29) is 24.3 Å². The molecular weight excluding hydrogens is 374 g/mol. The first kappa shape index (κ1) is 20.2. The van der Waals surface area contributed by atoms with Crippen LogP contribution < -0.4 is 5.32 Å². The Balaban J connectivity index is 3.23. The van der Waals surface area contributed by atoms with Crippen molar-refractivity contribution in [2.24, 2.45) is 0 Å². The van der Waals surface area contributed by atoms with Gasteiger partial charge in [0.15, 0.2) is 0 Å². The Bertz CT molecular complexity index is 551. The number of anilines is 1. The number of hydrogen-bond acceptors (Lipinski definition) is 1. The zero-order valence-electron chi connectivity index (χ0n) is 10.8. The topological polar surface area (TPSA) is 12.0 Å². The monoisotopic (exact) mass is 379 g/mol. The SMILES string of the molecule is FC(F)(F)C(F)(F)Nc1ccc(C(F)(C(F)(F)F)C(F)(F)F)cc1. The summed E-state index contributed by atoms with van der Waals surface area (Å²) in [4.78, 5) is 0. The van der Waals surface area contributed by atoms with Gasteiger partial charge in [0, 0.05) is 11.3 Å². The molecule has 0 spiro atoms. The summed E-state index contributed by atoms with van der Waals surface area (Å²) in [7, 11) is 0. The predicted molar refractivity (Wildman–Crippen MR) is 56.0 cm³/mol. The lowest BCUT2D eigenvalue weighted by Gasteiger charge is -2.30. The molecule has 1 rings (SSSR count). The van der Waals surface area contributed by atoms with Gasteiger partial charge in [-0.2, -0.15) is 48.3 Å². The van der Waals surface area contributed by atoms with Crippen molar-refractivity contribution in [3.8, 4) is 0 Å². The fourth-order valence-electron chi connectivity index (χ4n) is 1.52. The molecule has 0 heterocycles. The molecule has 0 unspecified atom stereocenters. The molecule has 0 saturated heterocycles. The molecule has 138 valence electrons.